The summed E-state index contributed by atoms with van der Waals surface area (Å²) in [5.41, 5.74) is 4.18. The Morgan fingerprint density at radius 2 is 1.85 bits per heavy atom. The van der Waals surface area contributed by atoms with Gasteiger partial charge in [0.25, 0.3) is 5.91 Å². The second kappa shape index (κ2) is 8.50. The minimum atomic E-state index is -0.314. The fourth-order valence-corrected chi connectivity index (χ4v) is 2.77. The van der Waals surface area contributed by atoms with E-state index < -0.39 is 0 Å². The quantitative estimate of drug-likeness (QED) is 0.503. The molecule has 0 saturated heterocycles. The topological polar surface area (TPSA) is 50.7 Å². The van der Waals surface area contributed by atoms with Crippen LogP contribution in [0.1, 0.15) is 18.9 Å². The van der Waals surface area contributed by atoms with Crippen molar-refractivity contribution in [1.82, 2.24) is 5.43 Å². The van der Waals surface area contributed by atoms with Crippen LogP contribution in [0, 0.1) is 0 Å². The summed E-state index contributed by atoms with van der Waals surface area (Å²) < 4.78 is 5.56. The third-order valence-corrected chi connectivity index (χ3v) is 4.13. The molecule has 3 rings (SSSR count). The molecule has 1 N–H and O–H groups in total. The fraction of sp³-hybridized carbons (Fsp3) is 0.143. The Hall–Kier alpha value is -2.85. The van der Waals surface area contributed by atoms with Crippen molar-refractivity contribution in [1.29, 1.82) is 0 Å². The molecule has 0 aromatic heterocycles. The van der Waals surface area contributed by atoms with E-state index >= 15 is 0 Å². The van der Waals surface area contributed by atoms with E-state index in [4.69, 9.17) is 16.3 Å². The standard InChI is InChI=1S/C21H19ClN2O2/c1-2-20(17-8-5-9-18(22)12-17)23-24-21(25)14-26-19-11-10-15-6-3-4-7-16(15)13-19/h3-13H,2,14H2,1H3,(H,24,25). The highest BCUT2D eigenvalue weighted by Gasteiger charge is 2.06. The van der Waals surface area contributed by atoms with E-state index in [1.54, 1.807) is 6.07 Å². The molecule has 0 radical (unpaired) electrons. The molecule has 5 heteroatoms. The van der Waals surface area contributed by atoms with Gasteiger partial charge < -0.3 is 4.74 Å². The first-order valence-electron chi connectivity index (χ1n) is 8.38. The lowest BCUT2D eigenvalue weighted by Gasteiger charge is -2.08. The zero-order valence-corrected chi connectivity index (χ0v) is 15.2. The number of halogens is 1. The number of ether oxygens (including phenoxy) is 1. The largest absolute Gasteiger partial charge is 0.484 e. The first-order valence-corrected chi connectivity index (χ1v) is 8.76. The zero-order chi connectivity index (χ0) is 18.4. The van der Waals surface area contributed by atoms with Gasteiger partial charge in [-0.1, -0.05) is 61.0 Å². The lowest BCUT2D eigenvalue weighted by Crippen LogP contribution is -2.26. The van der Waals surface area contributed by atoms with Crippen molar-refractivity contribution in [2.45, 2.75) is 13.3 Å². The van der Waals surface area contributed by atoms with Crippen molar-refractivity contribution in [2.24, 2.45) is 5.10 Å². The SMILES string of the molecule is CCC(=NNC(=O)COc1ccc2ccccc2c1)c1cccc(Cl)c1. The number of nitrogens with one attached hydrogen (secondary N) is 1. The minimum absolute atomic E-state index is 0.103. The predicted octanol–water partition coefficient (Wildman–Crippen LogP) is 4.80. The number of carbonyl (C=O) groups is 1. The molecule has 0 bridgehead atoms. The van der Waals surface area contributed by atoms with Gasteiger partial charge in [-0.25, -0.2) is 5.43 Å². The number of hydrazone groups is 1. The van der Waals surface area contributed by atoms with Crippen LogP contribution in [-0.4, -0.2) is 18.2 Å². The summed E-state index contributed by atoms with van der Waals surface area (Å²) in [4.78, 5) is 12.0. The van der Waals surface area contributed by atoms with Crippen molar-refractivity contribution in [3.8, 4) is 5.75 Å². The summed E-state index contributed by atoms with van der Waals surface area (Å²) in [5.74, 6) is 0.333. The molecule has 0 saturated carbocycles. The molecule has 0 atom stereocenters. The van der Waals surface area contributed by atoms with Gasteiger partial charge >= 0.3 is 0 Å². The van der Waals surface area contributed by atoms with Gasteiger partial charge in [-0.15, -0.1) is 0 Å². The molecule has 0 aliphatic carbocycles. The molecule has 3 aromatic rings. The average Bonchev–Trinajstić information content (AvgIpc) is 2.67. The van der Waals surface area contributed by atoms with Crippen LogP contribution < -0.4 is 10.2 Å². The highest BCUT2D eigenvalue weighted by Crippen LogP contribution is 2.20. The smallest absolute Gasteiger partial charge is 0.277 e. The number of nitrogens with zero attached hydrogens (tertiary/aromatic N) is 1. The molecular formula is C21H19ClN2O2. The van der Waals surface area contributed by atoms with Crippen molar-refractivity contribution in [3.63, 3.8) is 0 Å². The first kappa shape index (κ1) is 18.0. The van der Waals surface area contributed by atoms with Gasteiger partial charge in [0.05, 0.1) is 5.71 Å². The molecule has 0 aliphatic heterocycles. The molecule has 26 heavy (non-hydrogen) atoms. The van der Waals surface area contributed by atoms with Crippen molar-refractivity contribution >= 4 is 34.0 Å². The van der Waals surface area contributed by atoms with Crippen LogP contribution in [0.5, 0.6) is 5.75 Å². The average molecular weight is 367 g/mol. The molecule has 3 aromatic carbocycles. The van der Waals surface area contributed by atoms with Gasteiger partial charge in [0.1, 0.15) is 5.75 Å². The maximum atomic E-state index is 12.0. The summed E-state index contributed by atoms with van der Waals surface area (Å²) in [6.45, 7) is 1.87. The predicted molar refractivity (Wildman–Crippen MR) is 106 cm³/mol. The Labute approximate surface area is 157 Å². The third kappa shape index (κ3) is 4.61. The normalized spacial score (nSPS) is 11.4. The minimum Gasteiger partial charge on any atom is -0.484 e. The monoisotopic (exact) mass is 366 g/mol. The number of hydrogen-bond donors (Lipinski definition) is 1. The third-order valence-electron chi connectivity index (χ3n) is 3.90. The zero-order valence-electron chi connectivity index (χ0n) is 14.4. The van der Waals surface area contributed by atoms with Crippen molar-refractivity contribution in [3.05, 3.63) is 77.3 Å². The van der Waals surface area contributed by atoms with Crippen LogP contribution in [0.25, 0.3) is 10.8 Å². The second-order valence-corrected chi connectivity index (χ2v) is 6.19. The van der Waals surface area contributed by atoms with Gasteiger partial charge in [0.2, 0.25) is 0 Å². The van der Waals surface area contributed by atoms with E-state index in [0.717, 1.165) is 22.0 Å². The molecule has 0 aliphatic rings. The maximum Gasteiger partial charge on any atom is 0.277 e. The highest BCUT2D eigenvalue weighted by atomic mass is 35.5. The molecular weight excluding hydrogens is 348 g/mol. The van der Waals surface area contributed by atoms with E-state index in [1.807, 2.05) is 67.6 Å². The summed E-state index contributed by atoms with van der Waals surface area (Å²) in [6, 6.07) is 21.1. The number of carbonyl (C=O) groups excluding carboxylic acids is 1. The van der Waals surface area contributed by atoms with Crippen LogP contribution in [0.3, 0.4) is 0 Å². The van der Waals surface area contributed by atoms with Crippen molar-refractivity contribution in [2.75, 3.05) is 6.61 Å². The lowest BCUT2D eigenvalue weighted by molar-refractivity contribution is -0.123. The molecule has 4 nitrogen and oxygen atoms in total. The van der Waals surface area contributed by atoms with E-state index in [0.29, 0.717) is 17.2 Å². The van der Waals surface area contributed by atoms with Crippen LogP contribution in [0.4, 0.5) is 0 Å². The number of fused-ring (bicyclic) bond motifs is 1. The van der Waals surface area contributed by atoms with Gasteiger partial charge in [-0.2, -0.15) is 5.10 Å². The van der Waals surface area contributed by atoms with Gasteiger partial charge in [-0.3, -0.25) is 4.79 Å². The summed E-state index contributed by atoms with van der Waals surface area (Å²) in [7, 11) is 0. The second-order valence-electron chi connectivity index (χ2n) is 5.76. The Morgan fingerprint density at radius 3 is 2.62 bits per heavy atom. The van der Waals surface area contributed by atoms with Crippen LogP contribution in [0.15, 0.2) is 71.8 Å². The van der Waals surface area contributed by atoms with Crippen LogP contribution in [-0.2, 0) is 4.79 Å². The Bertz CT molecular complexity index is 953. The number of amides is 1. The highest BCUT2D eigenvalue weighted by molar-refractivity contribution is 6.31. The van der Waals surface area contributed by atoms with Gasteiger partial charge in [-0.05, 0) is 47.0 Å². The number of hydrogen-bond acceptors (Lipinski definition) is 3. The molecule has 0 unspecified atom stereocenters. The summed E-state index contributed by atoms with van der Waals surface area (Å²) in [5, 5.41) is 7.02. The summed E-state index contributed by atoms with van der Waals surface area (Å²) in [6.07, 6.45) is 0.673. The Kier molecular flexibility index (Phi) is 5.87. The molecule has 1 amide bonds. The number of benzene rings is 3. The molecule has 0 fully saturated rings. The lowest BCUT2D eigenvalue weighted by atomic mass is 10.1. The van der Waals surface area contributed by atoms with Gasteiger partial charge in [0.15, 0.2) is 6.61 Å². The summed E-state index contributed by atoms with van der Waals surface area (Å²) >= 11 is 6.01. The molecule has 0 heterocycles. The fourth-order valence-electron chi connectivity index (χ4n) is 2.58. The van der Waals surface area contributed by atoms with E-state index in [-0.39, 0.29) is 12.5 Å². The first-order chi connectivity index (χ1) is 12.7. The Morgan fingerprint density at radius 1 is 1.04 bits per heavy atom. The van der Waals surface area contributed by atoms with E-state index in [1.165, 1.54) is 0 Å². The maximum absolute atomic E-state index is 12.0. The van der Waals surface area contributed by atoms with Gasteiger partial charge in [0, 0.05) is 5.02 Å². The molecule has 132 valence electrons. The Balaban J connectivity index is 1.60. The van der Waals surface area contributed by atoms with E-state index in [9.17, 15) is 4.79 Å². The molecule has 0 spiro atoms. The van der Waals surface area contributed by atoms with Crippen molar-refractivity contribution < 1.29 is 9.53 Å². The van der Waals surface area contributed by atoms with Crippen LogP contribution in [0.2, 0.25) is 5.02 Å². The van der Waals surface area contributed by atoms with Crippen LogP contribution >= 0.6 is 11.6 Å². The number of rotatable bonds is 6. The van der Waals surface area contributed by atoms with E-state index in [2.05, 4.69) is 10.5 Å².